The summed E-state index contributed by atoms with van der Waals surface area (Å²) in [5.74, 6) is -1.63. The van der Waals surface area contributed by atoms with Gasteiger partial charge in [-0.25, -0.2) is 4.79 Å². The Labute approximate surface area is 135 Å². The van der Waals surface area contributed by atoms with Crippen molar-refractivity contribution in [2.45, 2.75) is 32.2 Å². The van der Waals surface area contributed by atoms with Crippen molar-refractivity contribution >= 4 is 30.1 Å². The first-order valence-corrected chi connectivity index (χ1v) is 6.80. The van der Waals surface area contributed by atoms with Crippen LogP contribution in [0.3, 0.4) is 0 Å². The first-order valence-electron chi connectivity index (χ1n) is 6.80. The van der Waals surface area contributed by atoms with Crippen LogP contribution in [-0.4, -0.2) is 35.4 Å². The Bertz CT molecular complexity index is 517. The zero-order valence-electron chi connectivity index (χ0n) is 12.4. The van der Waals surface area contributed by atoms with Crippen LogP contribution in [0.25, 0.3) is 0 Å². The minimum atomic E-state index is -1.07. The van der Waals surface area contributed by atoms with Crippen LogP contribution in [0.15, 0.2) is 24.3 Å². The number of carboxylic acid groups (broad SMARTS) is 1. The van der Waals surface area contributed by atoms with Gasteiger partial charge in [-0.1, -0.05) is 12.1 Å². The summed E-state index contributed by atoms with van der Waals surface area (Å²) in [6.45, 7) is 1.93. The van der Waals surface area contributed by atoms with E-state index in [2.05, 4.69) is 5.32 Å². The quantitative estimate of drug-likeness (QED) is 0.496. The third-order valence-corrected chi connectivity index (χ3v) is 3.10. The Kier molecular flexibility index (Phi) is 9.05. The molecule has 1 aromatic carbocycles. The van der Waals surface area contributed by atoms with Crippen LogP contribution in [0.5, 0.6) is 0 Å². The van der Waals surface area contributed by atoms with Gasteiger partial charge in [0.05, 0.1) is 0 Å². The van der Waals surface area contributed by atoms with Gasteiger partial charge in [0, 0.05) is 11.1 Å². The Balaban J connectivity index is 0.00000441. The van der Waals surface area contributed by atoms with Crippen LogP contribution in [0, 0.1) is 0 Å². The van der Waals surface area contributed by atoms with E-state index < -0.39 is 17.9 Å². The third kappa shape index (κ3) is 6.24. The molecule has 0 fully saturated rings. The standard InChI is InChI=1S/C15H20N2O4.ClH/c1-10(18)11-5-7-12(8-6-11)14(19)17-13(15(20)21)4-2-3-9-16;/h5-8,13H,2-4,9,16H2,1H3,(H,17,19)(H,20,21);1H/t13-;/m0./s1. The topological polar surface area (TPSA) is 109 Å². The largest absolute Gasteiger partial charge is 0.480 e. The molecule has 0 unspecified atom stereocenters. The number of aliphatic carboxylic acids is 1. The van der Waals surface area contributed by atoms with Crippen molar-refractivity contribution in [2.75, 3.05) is 6.54 Å². The first kappa shape index (κ1) is 20.1. The van der Waals surface area contributed by atoms with E-state index in [1.54, 1.807) is 12.1 Å². The van der Waals surface area contributed by atoms with Crippen molar-refractivity contribution in [1.82, 2.24) is 5.32 Å². The second-order valence-corrected chi connectivity index (χ2v) is 4.78. The molecule has 0 heterocycles. The molecule has 0 aromatic heterocycles. The van der Waals surface area contributed by atoms with Crippen molar-refractivity contribution in [3.8, 4) is 0 Å². The summed E-state index contributed by atoms with van der Waals surface area (Å²) >= 11 is 0. The number of hydrogen-bond donors (Lipinski definition) is 3. The van der Waals surface area contributed by atoms with E-state index >= 15 is 0 Å². The number of ketones is 1. The van der Waals surface area contributed by atoms with Crippen molar-refractivity contribution in [2.24, 2.45) is 5.73 Å². The van der Waals surface area contributed by atoms with Gasteiger partial charge in [0.15, 0.2) is 5.78 Å². The number of carboxylic acids is 1. The van der Waals surface area contributed by atoms with Gasteiger partial charge < -0.3 is 16.2 Å². The number of nitrogens with two attached hydrogens (primary N) is 1. The lowest BCUT2D eigenvalue weighted by molar-refractivity contribution is -0.139. The van der Waals surface area contributed by atoms with Crippen molar-refractivity contribution in [3.05, 3.63) is 35.4 Å². The van der Waals surface area contributed by atoms with Crippen LogP contribution in [0.1, 0.15) is 46.9 Å². The SMILES string of the molecule is CC(=O)c1ccc(C(=O)N[C@@H](CCCCN)C(=O)O)cc1.Cl. The molecule has 0 aliphatic rings. The molecule has 122 valence electrons. The maximum Gasteiger partial charge on any atom is 0.326 e. The Hall–Kier alpha value is -1.92. The average molecular weight is 329 g/mol. The molecule has 7 heteroatoms. The number of carbonyl (C=O) groups is 3. The predicted molar refractivity (Wildman–Crippen MR) is 85.5 cm³/mol. The fourth-order valence-corrected chi connectivity index (χ4v) is 1.85. The number of hydrogen-bond acceptors (Lipinski definition) is 4. The van der Waals surface area contributed by atoms with Gasteiger partial charge in [-0.3, -0.25) is 9.59 Å². The van der Waals surface area contributed by atoms with Crippen molar-refractivity contribution in [3.63, 3.8) is 0 Å². The van der Waals surface area contributed by atoms with Gasteiger partial charge in [-0.15, -0.1) is 12.4 Å². The fraction of sp³-hybridized carbons (Fsp3) is 0.400. The highest BCUT2D eigenvalue weighted by molar-refractivity contribution is 5.98. The number of halogens is 1. The molecule has 0 saturated heterocycles. The van der Waals surface area contributed by atoms with Crippen LogP contribution in [-0.2, 0) is 4.79 Å². The van der Waals surface area contributed by atoms with Crippen molar-refractivity contribution < 1.29 is 19.5 Å². The first-order chi connectivity index (χ1) is 9.95. The number of carbonyl (C=O) groups excluding carboxylic acids is 2. The summed E-state index contributed by atoms with van der Waals surface area (Å²) in [5, 5.41) is 11.6. The van der Waals surface area contributed by atoms with E-state index in [1.165, 1.54) is 19.1 Å². The second kappa shape index (κ2) is 9.92. The van der Waals surface area contributed by atoms with Gasteiger partial charge in [0.1, 0.15) is 6.04 Å². The summed E-state index contributed by atoms with van der Waals surface area (Å²) in [6, 6.07) is 5.16. The molecule has 0 radical (unpaired) electrons. The van der Waals surface area contributed by atoms with E-state index in [0.717, 1.165) is 0 Å². The zero-order valence-corrected chi connectivity index (χ0v) is 13.2. The molecular formula is C15H21ClN2O4. The van der Waals surface area contributed by atoms with Crippen LogP contribution < -0.4 is 11.1 Å². The summed E-state index contributed by atoms with van der Waals surface area (Å²) in [7, 11) is 0. The predicted octanol–water partition coefficient (Wildman–Crippen LogP) is 1.62. The zero-order chi connectivity index (χ0) is 15.8. The summed E-state index contributed by atoms with van der Waals surface area (Å²) in [5.41, 5.74) is 6.19. The van der Waals surface area contributed by atoms with E-state index in [1.807, 2.05) is 0 Å². The highest BCUT2D eigenvalue weighted by atomic mass is 35.5. The summed E-state index contributed by atoms with van der Waals surface area (Å²) in [4.78, 5) is 34.3. The Morgan fingerprint density at radius 1 is 1.14 bits per heavy atom. The number of amides is 1. The molecule has 0 aliphatic heterocycles. The van der Waals surface area contributed by atoms with Gasteiger partial charge in [0.2, 0.25) is 0 Å². The van der Waals surface area contributed by atoms with Crippen molar-refractivity contribution in [1.29, 1.82) is 0 Å². The number of unbranched alkanes of at least 4 members (excludes halogenated alkanes) is 1. The Morgan fingerprint density at radius 2 is 1.68 bits per heavy atom. The molecule has 0 aliphatic carbocycles. The normalized spacial score (nSPS) is 11.2. The molecule has 6 nitrogen and oxygen atoms in total. The maximum atomic E-state index is 12.0. The molecule has 0 saturated carbocycles. The minimum Gasteiger partial charge on any atom is -0.480 e. The maximum absolute atomic E-state index is 12.0. The van der Waals surface area contributed by atoms with Crippen LogP contribution >= 0.6 is 12.4 Å². The second-order valence-electron chi connectivity index (χ2n) is 4.78. The third-order valence-electron chi connectivity index (χ3n) is 3.10. The summed E-state index contributed by atoms with van der Waals surface area (Å²) in [6.07, 6.45) is 1.69. The molecule has 0 bridgehead atoms. The van der Waals surface area contributed by atoms with E-state index in [0.29, 0.717) is 36.9 Å². The number of Topliss-reactive ketones (excluding diaryl/α,β-unsaturated/α-hetero) is 1. The molecule has 1 atom stereocenters. The minimum absolute atomic E-state index is 0. The molecule has 1 amide bonds. The van der Waals surface area contributed by atoms with Gasteiger partial charge in [-0.05, 0) is 44.9 Å². The number of nitrogens with one attached hydrogen (secondary N) is 1. The monoisotopic (exact) mass is 328 g/mol. The van der Waals surface area contributed by atoms with Gasteiger partial charge >= 0.3 is 5.97 Å². The lowest BCUT2D eigenvalue weighted by atomic mass is 10.1. The molecular weight excluding hydrogens is 308 g/mol. The molecule has 0 spiro atoms. The highest BCUT2D eigenvalue weighted by Crippen LogP contribution is 2.07. The van der Waals surface area contributed by atoms with E-state index in [9.17, 15) is 14.4 Å². The smallest absolute Gasteiger partial charge is 0.326 e. The summed E-state index contributed by atoms with van der Waals surface area (Å²) < 4.78 is 0. The Morgan fingerprint density at radius 3 is 2.14 bits per heavy atom. The average Bonchev–Trinajstić information content (AvgIpc) is 2.46. The molecule has 1 aromatic rings. The lowest BCUT2D eigenvalue weighted by Crippen LogP contribution is -2.40. The van der Waals surface area contributed by atoms with Crippen LogP contribution in [0.2, 0.25) is 0 Å². The lowest BCUT2D eigenvalue weighted by Gasteiger charge is -2.14. The van der Waals surface area contributed by atoms with Gasteiger partial charge in [-0.2, -0.15) is 0 Å². The molecule has 22 heavy (non-hydrogen) atoms. The van der Waals surface area contributed by atoms with Gasteiger partial charge in [0.25, 0.3) is 5.91 Å². The molecule has 1 rings (SSSR count). The number of benzene rings is 1. The molecule has 4 N–H and O–H groups in total. The fourth-order valence-electron chi connectivity index (χ4n) is 1.85. The highest BCUT2D eigenvalue weighted by Gasteiger charge is 2.20. The van der Waals surface area contributed by atoms with Crippen LogP contribution in [0.4, 0.5) is 0 Å². The van der Waals surface area contributed by atoms with E-state index in [-0.39, 0.29) is 18.2 Å². The van der Waals surface area contributed by atoms with E-state index in [4.69, 9.17) is 10.8 Å². The number of rotatable bonds is 8.